The summed E-state index contributed by atoms with van der Waals surface area (Å²) in [6, 6.07) is 8.06. The van der Waals surface area contributed by atoms with E-state index in [-0.39, 0.29) is 0 Å². The van der Waals surface area contributed by atoms with Crippen LogP contribution in [0.5, 0.6) is 11.6 Å². The second-order valence-electron chi connectivity index (χ2n) is 8.33. The van der Waals surface area contributed by atoms with Crippen LogP contribution in [0.1, 0.15) is 25.0 Å². The van der Waals surface area contributed by atoms with Crippen LogP contribution in [0.25, 0.3) is 23.1 Å². The van der Waals surface area contributed by atoms with Crippen LogP contribution >= 0.6 is 0 Å². The molecule has 0 radical (unpaired) electrons. The predicted molar refractivity (Wildman–Crippen MR) is 124 cm³/mol. The molecule has 7 nitrogen and oxygen atoms in total. The predicted octanol–water partition coefficient (Wildman–Crippen LogP) is 2.90. The minimum Gasteiger partial charge on any atom is -0.493 e. The van der Waals surface area contributed by atoms with Gasteiger partial charge in [-0.2, -0.15) is 0 Å². The van der Waals surface area contributed by atoms with E-state index in [1.165, 1.54) is 6.33 Å². The minimum absolute atomic E-state index is 0.493. The number of benzene rings is 1. The number of nitrogens with zero attached hydrogens (tertiary/aromatic N) is 2. The zero-order valence-corrected chi connectivity index (χ0v) is 18.5. The van der Waals surface area contributed by atoms with Gasteiger partial charge >= 0.3 is 0 Å². The number of methoxy groups -OCH3 is 1. The van der Waals surface area contributed by atoms with Crippen molar-refractivity contribution in [2.24, 2.45) is 5.92 Å². The molecule has 0 bridgehead atoms. The van der Waals surface area contributed by atoms with Crippen LogP contribution in [0.2, 0.25) is 0 Å². The highest BCUT2D eigenvalue weighted by Gasteiger charge is 2.17. The highest BCUT2D eigenvalue weighted by Crippen LogP contribution is 2.24. The number of piperidine rings is 1. The number of hydrogen-bond donors (Lipinski definition) is 2. The summed E-state index contributed by atoms with van der Waals surface area (Å²) in [6.07, 6.45) is 8.39. The van der Waals surface area contributed by atoms with Crippen LogP contribution in [0.3, 0.4) is 0 Å². The number of allylic oxidation sites excluding steroid dienone is 2. The summed E-state index contributed by atoms with van der Waals surface area (Å²) in [7, 11) is 1.66. The van der Waals surface area contributed by atoms with E-state index in [0.717, 1.165) is 64.6 Å². The van der Waals surface area contributed by atoms with Gasteiger partial charge in [0, 0.05) is 23.0 Å². The van der Waals surface area contributed by atoms with E-state index in [9.17, 15) is 0 Å². The summed E-state index contributed by atoms with van der Waals surface area (Å²) < 4.78 is 18.1. The van der Waals surface area contributed by atoms with Crippen molar-refractivity contribution in [3.63, 3.8) is 0 Å². The molecule has 3 aromatic rings. The Hall–Kier alpha value is -3.32. The molecule has 0 unspecified atom stereocenters. The molecule has 0 amide bonds. The molecular weight excluding hydrogens is 404 g/mol. The Bertz CT molecular complexity index is 1270. The number of rotatable bonds is 6. The zero-order chi connectivity index (χ0) is 21.9. The van der Waals surface area contributed by atoms with Gasteiger partial charge in [0.1, 0.15) is 17.8 Å². The van der Waals surface area contributed by atoms with Gasteiger partial charge < -0.3 is 24.5 Å². The summed E-state index contributed by atoms with van der Waals surface area (Å²) in [6.45, 7) is 4.85. The number of aryl methyl sites for hydroxylation is 1. The summed E-state index contributed by atoms with van der Waals surface area (Å²) in [5.41, 5.74) is 2.19. The van der Waals surface area contributed by atoms with Crippen LogP contribution in [0.15, 0.2) is 42.1 Å². The monoisotopic (exact) mass is 432 g/mol. The van der Waals surface area contributed by atoms with E-state index in [1.54, 1.807) is 7.11 Å². The third kappa shape index (κ3) is 4.34. The molecule has 2 N–H and O–H groups in total. The first-order valence-corrected chi connectivity index (χ1v) is 11.1. The van der Waals surface area contributed by atoms with Gasteiger partial charge in [-0.3, -0.25) is 0 Å². The van der Waals surface area contributed by atoms with Gasteiger partial charge in [0.15, 0.2) is 5.76 Å². The molecule has 1 aliphatic carbocycles. The number of aromatic nitrogens is 3. The maximum absolute atomic E-state index is 6.22. The third-order valence-electron chi connectivity index (χ3n) is 6.02. The molecule has 0 saturated carbocycles. The van der Waals surface area contributed by atoms with Crippen molar-refractivity contribution in [1.82, 2.24) is 20.3 Å². The summed E-state index contributed by atoms with van der Waals surface area (Å²) in [5, 5.41) is 6.09. The van der Waals surface area contributed by atoms with Gasteiger partial charge in [-0.05, 0) is 69.1 Å². The molecule has 5 rings (SSSR count). The summed E-state index contributed by atoms with van der Waals surface area (Å²) >= 11 is 0. The van der Waals surface area contributed by atoms with Gasteiger partial charge in [0.05, 0.1) is 24.3 Å². The second kappa shape index (κ2) is 9.04. The Morgan fingerprint density at radius 3 is 2.84 bits per heavy atom. The number of aromatic amines is 1. The lowest BCUT2D eigenvalue weighted by Crippen LogP contribution is -2.30. The Balaban J connectivity index is 1.45. The SMILES string of the molecule is COC1=C(OCC2CCNCC2)CC=c2ncnc(Oc3ccc4[nH]c(C)cc4c3)c2=C1. The van der Waals surface area contributed by atoms with Gasteiger partial charge in [0.25, 0.3) is 0 Å². The second-order valence-corrected chi connectivity index (χ2v) is 8.33. The minimum atomic E-state index is 0.493. The first-order valence-electron chi connectivity index (χ1n) is 11.1. The maximum Gasteiger partial charge on any atom is 0.230 e. The average molecular weight is 433 g/mol. The topological polar surface area (TPSA) is 81.3 Å². The molecule has 2 aliphatic rings. The first-order chi connectivity index (χ1) is 15.7. The van der Waals surface area contributed by atoms with E-state index < -0.39 is 0 Å². The van der Waals surface area contributed by atoms with E-state index >= 15 is 0 Å². The van der Waals surface area contributed by atoms with Crippen molar-refractivity contribution in [1.29, 1.82) is 0 Å². The highest BCUT2D eigenvalue weighted by atomic mass is 16.5. The average Bonchev–Trinajstić information content (AvgIpc) is 3.08. The van der Waals surface area contributed by atoms with Gasteiger partial charge in [0.2, 0.25) is 5.88 Å². The Morgan fingerprint density at radius 1 is 1.12 bits per heavy atom. The molecule has 1 saturated heterocycles. The van der Waals surface area contributed by atoms with Crippen LogP contribution in [0.4, 0.5) is 0 Å². The quantitative estimate of drug-likeness (QED) is 0.623. The van der Waals surface area contributed by atoms with Gasteiger partial charge in [-0.1, -0.05) is 6.08 Å². The molecule has 166 valence electrons. The lowest BCUT2D eigenvalue weighted by Gasteiger charge is -2.23. The van der Waals surface area contributed by atoms with Crippen molar-refractivity contribution in [3.8, 4) is 11.6 Å². The fourth-order valence-electron chi connectivity index (χ4n) is 4.27. The maximum atomic E-state index is 6.22. The van der Waals surface area contributed by atoms with Crippen molar-refractivity contribution in [2.45, 2.75) is 26.2 Å². The fourth-order valence-corrected chi connectivity index (χ4v) is 4.27. The Morgan fingerprint density at radius 2 is 2.00 bits per heavy atom. The van der Waals surface area contributed by atoms with Gasteiger partial charge in [-0.15, -0.1) is 0 Å². The van der Waals surface area contributed by atoms with Crippen LogP contribution < -0.4 is 20.6 Å². The molecule has 0 spiro atoms. The largest absolute Gasteiger partial charge is 0.493 e. The number of nitrogens with one attached hydrogen (secondary N) is 2. The van der Waals surface area contributed by atoms with Crippen molar-refractivity contribution >= 4 is 23.1 Å². The molecule has 1 aromatic carbocycles. The highest BCUT2D eigenvalue weighted by molar-refractivity contribution is 5.81. The molecule has 1 fully saturated rings. The molecule has 1 aliphatic heterocycles. The fraction of sp³-hybridized carbons (Fsp3) is 0.360. The lowest BCUT2D eigenvalue weighted by atomic mass is 9.99. The summed E-state index contributed by atoms with van der Waals surface area (Å²) in [5.74, 6) is 3.29. The third-order valence-corrected chi connectivity index (χ3v) is 6.02. The number of H-pyrrole nitrogens is 1. The lowest BCUT2D eigenvalue weighted by molar-refractivity contribution is 0.130. The van der Waals surface area contributed by atoms with Crippen LogP contribution in [-0.4, -0.2) is 41.8 Å². The Kier molecular flexibility index (Phi) is 5.81. The van der Waals surface area contributed by atoms with E-state index in [1.807, 2.05) is 37.3 Å². The number of fused-ring (bicyclic) bond motifs is 2. The molecule has 3 heterocycles. The normalized spacial score (nSPS) is 16.7. The van der Waals surface area contributed by atoms with E-state index in [0.29, 0.717) is 30.6 Å². The molecule has 32 heavy (non-hydrogen) atoms. The van der Waals surface area contributed by atoms with Crippen molar-refractivity contribution in [2.75, 3.05) is 26.8 Å². The zero-order valence-electron chi connectivity index (χ0n) is 18.5. The number of ether oxygens (including phenoxy) is 3. The first kappa shape index (κ1) is 20.6. The van der Waals surface area contributed by atoms with Crippen molar-refractivity contribution in [3.05, 3.63) is 58.4 Å². The Labute approximate surface area is 186 Å². The van der Waals surface area contributed by atoms with Crippen LogP contribution in [0, 0.1) is 12.8 Å². The number of hydrogen-bond acceptors (Lipinski definition) is 6. The molecular formula is C25H28N4O3. The van der Waals surface area contributed by atoms with Gasteiger partial charge in [-0.25, -0.2) is 9.97 Å². The van der Waals surface area contributed by atoms with Crippen LogP contribution in [-0.2, 0) is 9.47 Å². The van der Waals surface area contributed by atoms with Crippen molar-refractivity contribution < 1.29 is 14.2 Å². The van der Waals surface area contributed by atoms with E-state index in [4.69, 9.17) is 14.2 Å². The standard InChI is InChI=1S/C25H28N4O3/c1-16-11-18-12-19(3-4-21(18)29-16)32-25-20-13-24(30-2)23(6-5-22(20)27-15-28-25)31-14-17-7-9-26-10-8-17/h3-5,11-13,15,17,26,29H,6-10,14H2,1-2H3. The molecule has 0 atom stereocenters. The smallest absolute Gasteiger partial charge is 0.230 e. The summed E-state index contributed by atoms with van der Waals surface area (Å²) in [4.78, 5) is 12.2. The van der Waals surface area contributed by atoms with E-state index in [2.05, 4.69) is 26.3 Å². The molecule has 7 heteroatoms. The molecule has 2 aromatic heterocycles.